The van der Waals surface area contributed by atoms with Crippen LogP contribution in [0.1, 0.15) is 36.9 Å². The molecule has 0 spiro atoms. The normalized spacial score (nSPS) is 13.3. The summed E-state index contributed by atoms with van der Waals surface area (Å²) in [5.74, 6) is -0.524. The van der Waals surface area contributed by atoms with Crippen molar-refractivity contribution in [1.29, 1.82) is 0 Å². The molecule has 4 heteroatoms. The highest BCUT2D eigenvalue weighted by Gasteiger charge is 2.14. The fourth-order valence-electron chi connectivity index (χ4n) is 1.20. The largest absolute Gasteiger partial charge is 0.324 e. The van der Waals surface area contributed by atoms with Crippen molar-refractivity contribution in [2.75, 3.05) is 0 Å². The van der Waals surface area contributed by atoms with E-state index in [2.05, 4.69) is 0 Å². The maximum Gasteiger partial charge on any atom is 0.263 e. The van der Waals surface area contributed by atoms with Gasteiger partial charge in [-0.3, -0.25) is 0 Å². The van der Waals surface area contributed by atoms with Crippen molar-refractivity contribution >= 4 is 0 Å². The van der Waals surface area contributed by atoms with E-state index in [-0.39, 0.29) is 11.1 Å². The molecule has 78 valence electrons. The molecular weight excluding hydrogens is 191 g/mol. The van der Waals surface area contributed by atoms with Crippen LogP contribution in [-0.2, 0) is 0 Å². The maximum absolute atomic E-state index is 13.1. The van der Waals surface area contributed by atoms with Crippen LogP contribution in [0.5, 0.6) is 0 Å². The molecule has 1 aromatic rings. The van der Waals surface area contributed by atoms with Crippen molar-refractivity contribution in [3.8, 4) is 0 Å². The van der Waals surface area contributed by atoms with Crippen LogP contribution in [0.15, 0.2) is 18.2 Å². The number of benzene rings is 1. The van der Waals surface area contributed by atoms with Gasteiger partial charge in [0.05, 0.1) is 0 Å². The van der Waals surface area contributed by atoms with Crippen molar-refractivity contribution in [2.24, 2.45) is 5.73 Å². The third-order valence-electron chi connectivity index (χ3n) is 2.11. The second kappa shape index (κ2) is 4.46. The Kier molecular flexibility index (Phi) is 3.52. The van der Waals surface area contributed by atoms with Gasteiger partial charge >= 0.3 is 0 Å². The molecule has 0 aliphatic carbocycles. The zero-order valence-electron chi connectivity index (χ0n) is 7.81. The van der Waals surface area contributed by atoms with Crippen LogP contribution in [0.25, 0.3) is 0 Å². The minimum absolute atomic E-state index is 0.158. The first-order valence-electron chi connectivity index (χ1n) is 4.39. The molecule has 0 aliphatic rings. The van der Waals surface area contributed by atoms with E-state index in [0.717, 1.165) is 18.2 Å². The molecule has 0 radical (unpaired) electrons. The molecule has 0 saturated carbocycles. The van der Waals surface area contributed by atoms with Gasteiger partial charge in [-0.05, 0) is 18.6 Å². The zero-order chi connectivity index (χ0) is 10.7. The number of hydrogen-bond acceptors (Lipinski definition) is 1. The SMILES string of the molecule is CCC(N)c1cc(C(F)F)ccc1F. The average Bonchev–Trinajstić information content (AvgIpc) is 2.17. The topological polar surface area (TPSA) is 26.0 Å². The Morgan fingerprint density at radius 1 is 1.36 bits per heavy atom. The summed E-state index contributed by atoms with van der Waals surface area (Å²) in [4.78, 5) is 0. The third kappa shape index (κ3) is 2.26. The molecule has 0 amide bonds. The predicted octanol–water partition coefficient (Wildman–Crippen LogP) is 3.17. The van der Waals surface area contributed by atoms with Crippen molar-refractivity contribution in [3.05, 3.63) is 35.1 Å². The Labute approximate surface area is 80.7 Å². The first-order valence-corrected chi connectivity index (χ1v) is 4.39. The highest BCUT2D eigenvalue weighted by atomic mass is 19.3. The van der Waals surface area contributed by atoms with Crippen LogP contribution in [0.4, 0.5) is 13.2 Å². The summed E-state index contributed by atoms with van der Waals surface area (Å²) >= 11 is 0. The minimum atomic E-state index is -2.58. The highest BCUT2D eigenvalue weighted by molar-refractivity contribution is 5.28. The molecule has 1 rings (SSSR count). The summed E-state index contributed by atoms with van der Waals surface area (Å²) in [6.07, 6.45) is -2.07. The molecule has 1 unspecified atom stereocenters. The second-order valence-corrected chi connectivity index (χ2v) is 3.10. The smallest absolute Gasteiger partial charge is 0.263 e. The monoisotopic (exact) mass is 203 g/mol. The molecule has 0 saturated heterocycles. The van der Waals surface area contributed by atoms with Gasteiger partial charge in [0.1, 0.15) is 5.82 Å². The quantitative estimate of drug-likeness (QED) is 0.802. The number of nitrogens with two attached hydrogens (primary N) is 1. The molecule has 2 N–H and O–H groups in total. The zero-order valence-corrected chi connectivity index (χ0v) is 7.81. The van der Waals surface area contributed by atoms with Crippen LogP contribution in [0.3, 0.4) is 0 Å². The van der Waals surface area contributed by atoms with Gasteiger partial charge in [-0.1, -0.05) is 13.0 Å². The van der Waals surface area contributed by atoms with E-state index in [1.807, 2.05) is 0 Å². The number of rotatable bonds is 3. The standard InChI is InChI=1S/C10H12F3N/c1-2-9(14)7-5-6(10(12)13)3-4-8(7)11/h3-5,9-10H,2,14H2,1H3. The van der Waals surface area contributed by atoms with E-state index >= 15 is 0 Å². The van der Waals surface area contributed by atoms with Crippen LogP contribution in [0.2, 0.25) is 0 Å². The van der Waals surface area contributed by atoms with Gasteiger partial charge in [0, 0.05) is 17.2 Å². The van der Waals surface area contributed by atoms with Gasteiger partial charge in [-0.15, -0.1) is 0 Å². The molecular formula is C10H12F3N. The summed E-state index contributed by atoms with van der Waals surface area (Å²) in [6.45, 7) is 1.78. The first-order chi connectivity index (χ1) is 6.56. The Bertz CT molecular complexity index is 312. The average molecular weight is 203 g/mol. The maximum atomic E-state index is 13.1. The van der Waals surface area contributed by atoms with E-state index < -0.39 is 18.3 Å². The fourth-order valence-corrected chi connectivity index (χ4v) is 1.20. The summed E-state index contributed by atoms with van der Waals surface area (Å²) in [5.41, 5.74) is 5.55. The van der Waals surface area contributed by atoms with Gasteiger partial charge in [0.15, 0.2) is 0 Å². The van der Waals surface area contributed by atoms with E-state index in [4.69, 9.17) is 5.73 Å². The summed E-state index contributed by atoms with van der Waals surface area (Å²) in [5, 5.41) is 0. The minimum Gasteiger partial charge on any atom is -0.324 e. The van der Waals surface area contributed by atoms with E-state index in [1.54, 1.807) is 6.92 Å². The van der Waals surface area contributed by atoms with E-state index in [1.165, 1.54) is 0 Å². The Morgan fingerprint density at radius 3 is 2.50 bits per heavy atom. The molecule has 0 aromatic heterocycles. The van der Waals surface area contributed by atoms with Crippen LogP contribution in [-0.4, -0.2) is 0 Å². The van der Waals surface area contributed by atoms with Crippen molar-refractivity contribution in [3.63, 3.8) is 0 Å². The predicted molar refractivity (Wildman–Crippen MR) is 48.6 cm³/mol. The van der Waals surface area contributed by atoms with E-state index in [0.29, 0.717) is 6.42 Å². The third-order valence-corrected chi connectivity index (χ3v) is 2.11. The van der Waals surface area contributed by atoms with Gasteiger partial charge < -0.3 is 5.73 Å². The number of halogens is 3. The lowest BCUT2D eigenvalue weighted by atomic mass is 10.0. The number of hydrogen-bond donors (Lipinski definition) is 1. The summed E-state index contributed by atoms with van der Waals surface area (Å²) in [6, 6.07) is 2.72. The molecule has 0 bridgehead atoms. The van der Waals surface area contributed by atoms with Crippen molar-refractivity contribution in [2.45, 2.75) is 25.8 Å². The van der Waals surface area contributed by atoms with Crippen molar-refractivity contribution in [1.82, 2.24) is 0 Å². The Balaban J connectivity index is 3.08. The van der Waals surface area contributed by atoms with Gasteiger partial charge in [0.25, 0.3) is 6.43 Å². The van der Waals surface area contributed by atoms with Crippen molar-refractivity contribution < 1.29 is 13.2 Å². The lowest BCUT2D eigenvalue weighted by Gasteiger charge is -2.11. The van der Waals surface area contributed by atoms with Crippen LogP contribution < -0.4 is 5.73 Å². The lowest BCUT2D eigenvalue weighted by molar-refractivity contribution is 0.151. The summed E-state index contributed by atoms with van der Waals surface area (Å²) in [7, 11) is 0. The van der Waals surface area contributed by atoms with Crippen LogP contribution >= 0.6 is 0 Å². The number of alkyl halides is 2. The molecule has 0 aliphatic heterocycles. The Morgan fingerprint density at radius 2 is 2.00 bits per heavy atom. The van der Waals surface area contributed by atoms with Gasteiger partial charge in [-0.2, -0.15) is 0 Å². The molecule has 14 heavy (non-hydrogen) atoms. The van der Waals surface area contributed by atoms with Gasteiger partial charge in [-0.25, -0.2) is 13.2 Å². The fraction of sp³-hybridized carbons (Fsp3) is 0.400. The molecule has 1 aromatic carbocycles. The van der Waals surface area contributed by atoms with Gasteiger partial charge in [0.2, 0.25) is 0 Å². The highest BCUT2D eigenvalue weighted by Crippen LogP contribution is 2.25. The second-order valence-electron chi connectivity index (χ2n) is 3.10. The molecule has 0 fully saturated rings. The molecule has 1 atom stereocenters. The Hall–Kier alpha value is -1.03. The van der Waals surface area contributed by atoms with Crippen LogP contribution in [0, 0.1) is 5.82 Å². The summed E-state index contributed by atoms with van der Waals surface area (Å²) < 4.78 is 37.7. The lowest BCUT2D eigenvalue weighted by Crippen LogP contribution is -2.11. The van der Waals surface area contributed by atoms with E-state index in [9.17, 15) is 13.2 Å². The first kappa shape index (κ1) is 11.0. The molecule has 1 nitrogen and oxygen atoms in total. The molecule has 0 heterocycles.